The van der Waals surface area contributed by atoms with Crippen LogP contribution in [0.2, 0.25) is 0 Å². The average molecular weight is 210 g/mol. The van der Waals surface area contributed by atoms with Gasteiger partial charge in [-0.25, -0.2) is 9.59 Å². The Hall–Kier alpha value is -1.78. The zero-order chi connectivity index (χ0) is 11.5. The van der Waals surface area contributed by atoms with Crippen molar-refractivity contribution in [2.75, 3.05) is 0 Å². The lowest BCUT2D eigenvalue weighted by molar-refractivity contribution is -0.148. The minimum absolute atomic E-state index is 0.307. The number of rotatable bonds is 2. The van der Waals surface area contributed by atoms with Gasteiger partial charge >= 0.3 is 11.7 Å². The maximum absolute atomic E-state index is 11.2. The standard InChI is InChI=1S/C10H14N2O3/c1-10(2,3)15-8(13)5-4-7-6-11-9(14)12-7/h4-6H,1-3H3,(H2,11,12,14)/b5-4-. The van der Waals surface area contributed by atoms with Gasteiger partial charge in [0.05, 0.1) is 5.69 Å². The third-order valence-electron chi connectivity index (χ3n) is 1.42. The summed E-state index contributed by atoms with van der Waals surface area (Å²) in [6.45, 7) is 5.37. The Morgan fingerprint density at radius 3 is 2.60 bits per heavy atom. The largest absolute Gasteiger partial charge is 0.457 e. The van der Waals surface area contributed by atoms with Crippen LogP contribution >= 0.6 is 0 Å². The van der Waals surface area contributed by atoms with E-state index in [0.29, 0.717) is 5.69 Å². The molecule has 82 valence electrons. The summed E-state index contributed by atoms with van der Waals surface area (Å²) in [7, 11) is 0. The molecule has 0 saturated heterocycles. The van der Waals surface area contributed by atoms with Crippen molar-refractivity contribution in [1.29, 1.82) is 0 Å². The molecule has 1 aromatic heterocycles. The molecular weight excluding hydrogens is 196 g/mol. The van der Waals surface area contributed by atoms with Gasteiger partial charge in [-0.2, -0.15) is 0 Å². The highest BCUT2D eigenvalue weighted by Crippen LogP contribution is 2.07. The number of hydrogen-bond donors (Lipinski definition) is 2. The molecule has 1 heterocycles. The minimum atomic E-state index is -0.507. The Morgan fingerprint density at radius 2 is 2.13 bits per heavy atom. The molecule has 1 aromatic rings. The molecule has 0 radical (unpaired) electrons. The van der Waals surface area contributed by atoms with Gasteiger partial charge in [-0.3, -0.25) is 0 Å². The second-order valence-corrected chi connectivity index (χ2v) is 4.06. The topological polar surface area (TPSA) is 75.0 Å². The van der Waals surface area contributed by atoms with Crippen molar-refractivity contribution >= 4 is 12.0 Å². The first-order chi connectivity index (χ1) is 6.87. The Labute approximate surface area is 87.2 Å². The molecule has 0 aromatic carbocycles. The summed E-state index contributed by atoms with van der Waals surface area (Å²) in [6, 6.07) is 0. The average Bonchev–Trinajstić information content (AvgIpc) is 2.45. The molecule has 0 saturated carbocycles. The summed E-state index contributed by atoms with van der Waals surface area (Å²) in [5, 5.41) is 0. The maximum atomic E-state index is 11.2. The number of imidazole rings is 1. The van der Waals surface area contributed by atoms with Crippen molar-refractivity contribution in [3.8, 4) is 0 Å². The highest BCUT2D eigenvalue weighted by atomic mass is 16.6. The minimum Gasteiger partial charge on any atom is -0.457 e. The van der Waals surface area contributed by atoms with Crippen LogP contribution in [0.4, 0.5) is 0 Å². The third-order valence-corrected chi connectivity index (χ3v) is 1.42. The zero-order valence-electron chi connectivity index (χ0n) is 8.96. The van der Waals surface area contributed by atoms with E-state index >= 15 is 0 Å². The van der Waals surface area contributed by atoms with Crippen LogP contribution in [0.25, 0.3) is 6.08 Å². The van der Waals surface area contributed by atoms with Crippen molar-refractivity contribution in [3.63, 3.8) is 0 Å². The molecule has 0 bridgehead atoms. The summed E-state index contributed by atoms with van der Waals surface area (Å²) in [6.07, 6.45) is 4.22. The van der Waals surface area contributed by atoms with E-state index in [9.17, 15) is 9.59 Å². The number of H-pyrrole nitrogens is 2. The second-order valence-electron chi connectivity index (χ2n) is 4.06. The van der Waals surface area contributed by atoms with Crippen molar-refractivity contribution in [2.24, 2.45) is 0 Å². The van der Waals surface area contributed by atoms with Crippen LogP contribution < -0.4 is 5.69 Å². The molecule has 15 heavy (non-hydrogen) atoms. The van der Waals surface area contributed by atoms with Crippen molar-refractivity contribution < 1.29 is 9.53 Å². The van der Waals surface area contributed by atoms with Gasteiger partial charge in [-0.15, -0.1) is 0 Å². The van der Waals surface area contributed by atoms with E-state index in [2.05, 4.69) is 9.97 Å². The fourth-order valence-electron chi connectivity index (χ4n) is 0.930. The van der Waals surface area contributed by atoms with Crippen LogP contribution in [0, 0.1) is 0 Å². The Kier molecular flexibility index (Phi) is 3.14. The molecule has 1 rings (SSSR count). The Bertz CT molecular complexity index is 420. The number of ether oxygens (including phenoxy) is 1. The first-order valence-corrected chi connectivity index (χ1v) is 4.55. The predicted molar refractivity (Wildman–Crippen MR) is 56.3 cm³/mol. The molecule has 0 aliphatic rings. The molecule has 0 spiro atoms. The quantitative estimate of drug-likeness (QED) is 0.566. The van der Waals surface area contributed by atoms with E-state index in [0.717, 1.165) is 0 Å². The number of carbonyl (C=O) groups is 1. The molecule has 0 atom stereocenters. The molecule has 0 unspecified atom stereocenters. The van der Waals surface area contributed by atoms with Gasteiger partial charge in [-0.1, -0.05) is 0 Å². The van der Waals surface area contributed by atoms with Crippen LogP contribution in [0.5, 0.6) is 0 Å². The van der Waals surface area contributed by atoms with Crippen molar-refractivity contribution in [2.45, 2.75) is 26.4 Å². The number of hydrogen-bond acceptors (Lipinski definition) is 3. The van der Waals surface area contributed by atoms with Crippen LogP contribution in [0.1, 0.15) is 26.5 Å². The van der Waals surface area contributed by atoms with Gasteiger partial charge in [-0.05, 0) is 26.8 Å². The summed E-state index contributed by atoms with van der Waals surface area (Å²) >= 11 is 0. The Balaban J connectivity index is 2.59. The van der Waals surface area contributed by atoms with E-state index in [-0.39, 0.29) is 5.69 Å². The van der Waals surface area contributed by atoms with E-state index in [1.54, 1.807) is 20.8 Å². The SMILES string of the molecule is CC(C)(C)OC(=O)/C=C\c1c[nH]c(=O)[nH]1. The number of esters is 1. The van der Waals surface area contributed by atoms with Gasteiger partial charge in [0.2, 0.25) is 0 Å². The smallest absolute Gasteiger partial charge is 0.331 e. The third kappa shape index (κ3) is 4.30. The van der Waals surface area contributed by atoms with Crippen LogP contribution in [0.15, 0.2) is 17.1 Å². The van der Waals surface area contributed by atoms with Crippen LogP contribution in [-0.2, 0) is 9.53 Å². The lowest BCUT2D eigenvalue weighted by Crippen LogP contribution is -2.22. The van der Waals surface area contributed by atoms with Crippen molar-refractivity contribution in [1.82, 2.24) is 9.97 Å². The van der Waals surface area contributed by atoms with Crippen LogP contribution in [0.3, 0.4) is 0 Å². The zero-order valence-corrected chi connectivity index (χ0v) is 8.96. The fourth-order valence-corrected chi connectivity index (χ4v) is 0.930. The predicted octanol–water partition coefficient (Wildman–Crippen LogP) is 1.06. The normalized spacial score (nSPS) is 11.9. The van der Waals surface area contributed by atoms with E-state index in [4.69, 9.17) is 4.74 Å². The molecule has 0 aliphatic carbocycles. The lowest BCUT2D eigenvalue weighted by Gasteiger charge is -2.17. The first kappa shape index (κ1) is 11.3. The van der Waals surface area contributed by atoms with E-state index in [1.165, 1.54) is 18.3 Å². The van der Waals surface area contributed by atoms with Gasteiger partial charge in [0.15, 0.2) is 0 Å². The molecular formula is C10H14N2O3. The molecule has 0 aliphatic heterocycles. The monoisotopic (exact) mass is 210 g/mol. The lowest BCUT2D eigenvalue weighted by atomic mass is 10.2. The van der Waals surface area contributed by atoms with Crippen LogP contribution in [-0.4, -0.2) is 21.5 Å². The van der Waals surface area contributed by atoms with Crippen molar-refractivity contribution in [3.05, 3.63) is 28.5 Å². The number of nitrogens with one attached hydrogen (secondary N) is 2. The second kappa shape index (κ2) is 4.16. The molecule has 0 amide bonds. The van der Waals surface area contributed by atoms with Gasteiger partial charge in [0.1, 0.15) is 5.60 Å². The molecule has 2 N–H and O–H groups in total. The van der Waals surface area contributed by atoms with E-state index < -0.39 is 11.6 Å². The summed E-state index contributed by atoms with van der Waals surface area (Å²) < 4.78 is 5.04. The summed E-state index contributed by atoms with van der Waals surface area (Å²) in [5.74, 6) is -0.440. The molecule has 5 heteroatoms. The summed E-state index contributed by atoms with van der Waals surface area (Å²) in [5.41, 5.74) is -0.280. The highest BCUT2D eigenvalue weighted by Gasteiger charge is 2.13. The first-order valence-electron chi connectivity index (χ1n) is 4.55. The van der Waals surface area contributed by atoms with Gasteiger partial charge < -0.3 is 14.7 Å². The van der Waals surface area contributed by atoms with Gasteiger partial charge in [0, 0.05) is 12.3 Å². The van der Waals surface area contributed by atoms with Gasteiger partial charge in [0.25, 0.3) is 0 Å². The number of aromatic amines is 2. The Morgan fingerprint density at radius 1 is 1.47 bits per heavy atom. The highest BCUT2D eigenvalue weighted by molar-refractivity contribution is 5.86. The summed E-state index contributed by atoms with van der Waals surface area (Å²) in [4.78, 5) is 26.8. The fraction of sp³-hybridized carbons (Fsp3) is 0.400. The molecule has 0 fully saturated rings. The number of carbonyl (C=O) groups excluding carboxylic acids is 1. The molecule has 5 nitrogen and oxygen atoms in total. The maximum Gasteiger partial charge on any atom is 0.331 e. The number of aromatic nitrogens is 2. The van der Waals surface area contributed by atoms with E-state index in [1.807, 2.05) is 0 Å².